The Labute approximate surface area is 146 Å². The van der Waals surface area contributed by atoms with E-state index in [4.69, 9.17) is 11.6 Å². The molecule has 0 unspecified atom stereocenters. The Hall–Kier alpha value is -1.92. The standard InChI is InChI=1S/C16H13BrClFN2O2/c1-2-20-15(22)12-8-10(18)4-6-14(12)21-16(23)11-5-3-9(17)7-13(11)19/h3-8H,2H2,1H3,(H,20,22)(H,21,23). The number of carbonyl (C=O) groups excluding carboxylic acids is 2. The molecule has 120 valence electrons. The second kappa shape index (κ2) is 7.57. The van der Waals surface area contributed by atoms with E-state index in [1.54, 1.807) is 13.0 Å². The smallest absolute Gasteiger partial charge is 0.258 e. The Kier molecular flexibility index (Phi) is 5.74. The predicted molar refractivity (Wildman–Crippen MR) is 91.5 cm³/mol. The third kappa shape index (κ3) is 4.30. The summed E-state index contributed by atoms with van der Waals surface area (Å²) < 4.78 is 14.4. The van der Waals surface area contributed by atoms with E-state index < -0.39 is 11.7 Å². The zero-order chi connectivity index (χ0) is 17.0. The van der Waals surface area contributed by atoms with Crippen LogP contribution in [0.5, 0.6) is 0 Å². The van der Waals surface area contributed by atoms with Gasteiger partial charge in [-0.25, -0.2) is 4.39 Å². The Bertz CT molecular complexity index is 768. The molecule has 23 heavy (non-hydrogen) atoms. The molecule has 0 aliphatic rings. The molecule has 0 atom stereocenters. The molecule has 0 aromatic heterocycles. The monoisotopic (exact) mass is 398 g/mol. The van der Waals surface area contributed by atoms with Crippen molar-refractivity contribution >= 4 is 45.0 Å². The normalized spacial score (nSPS) is 10.3. The topological polar surface area (TPSA) is 58.2 Å². The van der Waals surface area contributed by atoms with Crippen molar-refractivity contribution in [2.45, 2.75) is 6.92 Å². The zero-order valence-electron chi connectivity index (χ0n) is 12.1. The third-order valence-corrected chi connectivity index (χ3v) is 3.72. The summed E-state index contributed by atoms with van der Waals surface area (Å²) in [5.74, 6) is -1.69. The molecule has 0 radical (unpaired) electrons. The van der Waals surface area contributed by atoms with Gasteiger partial charge < -0.3 is 10.6 Å². The summed E-state index contributed by atoms with van der Waals surface area (Å²) in [5.41, 5.74) is 0.350. The fraction of sp³-hybridized carbons (Fsp3) is 0.125. The summed E-state index contributed by atoms with van der Waals surface area (Å²) >= 11 is 9.03. The zero-order valence-corrected chi connectivity index (χ0v) is 14.5. The van der Waals surface area contributed by atoms with Gasteiger partial charge in [-0.05, 0) is 43.3 Å². The van der Waals surface area contributed by atoms with Crippen LogP contribution in [0.15, 0.2) is 40.9 Å². The van der Waals surface area contributed by atoms with Gasteiger partial charge in [0.2, 0.25) is 0 Å². The highest BCUT2D eigenvalue weighted by Gasteiger charge is 2.17. The number of benzene rings is 2. The number of hydrogen-bond donors (Lipinski definition) is 2. The molecule has 0 aliphatic heterocycles. The van der Waals surface area contributed by atoms with Crippen molar-refractivity contribution in [3.8, 4) is 0 Å². The first kappa shape index (κ1) is 17.4. The fourth-order valence-corrected chi connectivity index (χ4v) is 2.44. The number of halogens is 3. The van der Waals surface area contributed by atoms with Crippen LogP contribution < -0.4 is 10.6 Å². The largest absolute Gasteiger partial charge is 0.352 e. The third-order valence-electron chi connectivity index (χ3n) is 2.99. The van der Waals surface area contributed by atoms with Gasteiger partial charge in [-0.15, -0.1) is 0 Å². The highest BCUT2D eigenvalue weighted by atomic mass is 79.9. The first-order valence-electron chi connectivity index (χ1n) is 6.76. The van der Waals surface area contributed by atoms with E-state index in [2.05, 4.69) is 26.6 Å². The molecule has 0 heterocycles. The van der Waals surface area contributed by atoms with Crippen LogP contribution in [0, 0.1) is 5.82 Å². The molecule has 4 nitrogen and oxygen atoms in total. The lowest BCUT2D eigenvalue weighted by Gasteiger charge is -2.12. The van der Waals surface area contributed by atoms with Crippen molar-refractivity contribution in [1.29, 1.82) is 0 Å². The summed E-state index contributed by atoms with van der Waals surface area (Å²) in [7, 11) is 0. The van der Waals surface area contributed by atoms with E-state index in [0.29, 0.717) is 16.0 Å². The molecule has 2 amide bonds. The van der Waals surface area contributed by atoms with Gasteiger partial charge in [-0.1, -0.05) is 27.5 Å². The van der Waals surface area contributed by atoms with Crippen LogP contribution in [0.2, 0.25) is 5.02 Å². The van der Waals surface area contributed by atoms with Gasteiger partial charge in [0.25, 0.3) is 11.8 Å². The Morgan fingerprint density at radius 1 is 1.13 bits per heavy atom. The maximum atomic E-state index is 13.9. The van der Waals surface area contributed by atoms with Gasteiger partial charge in [0.1, 0.15) is 5.82 Å². The fourth-order valence-electron chi connectivity index (χ4n) is 1.93. The van der Waals surface area contributed by atoms with Crippen LogP contribution in [0.3, 0.4) is 0 Å². The second-order valence-corrected chi connectivity index (χ2v) is 5.98. The van der Waals surface area contributed by atoms with Gasteiger partial charge in [0.15, 0.2) is 0 Å². The molecule has 2 aromatic rings. The molecule has 0 bridgehead atoms. The number of anilines is 1. The Morgan fingerprint density at radius 2 is 1.87 bits per heavy atom. The lowest BCUT2D eigenvalue weighted by atomic mass is 10.1. The van der Waals surface area contributed by atoms with E-state index in [1.807, 2.05) is 0 Å². The molecule has 0 fully saturated rings. The van der Waals surface area contributed by atoms with E-state index in [9.17, 15) is 14.0 Å². The Balaban J connectivity index is 2.32. The molecule has 0 saturated carbocycles. The molecule has 0 spiro atoms. The molecule has 0 aliphatic carbocycles. The molecule has 2 aromatic carbocycles. The van der Waals surface area contributed by atoms with E-state index in [1.165, 1.54) is 30.3 Å². The van der Waals surface area contributed by atoms with Crippen LogP contribution in [0.25, 0.3) is 0 Å². The van der Waals surface area contributed by atoms with Gasteiger partial charge in [0, 0.05) is 16.0 Å². The summed E-state index contributed by atoms with van der Waals surface area (Å²) in [4.78, 5) is 24.3. The van der Waals surface area contributed by atoms with Crippen molar-refractivity contribution < 1.29 is 14.0 Å². The molecular weight excluding hydrogens is 387 g/mol. The molecular formula is C16H13BrClFN2O2. The summed E-state index contributed by atoms with van der Waals surface area (Å²) in [5, 5.41) is 5.53. The molecule has 7 heteroatoms. The van der Waals surface area contributed by atoms with E-state index >= 15 is 0 Å². The number of amides is 2. The SMILES string of the molecule is CCNC(=O)c1cc(Cl)ccc1NC(=O)c1ccc(Br)cc1F. The minimum absolute atomic E-state index is 0.120. The average molecular weight is 400 g/mol. The Morgan fingerprint density at radius 3 is 2.52 bits per heavy atom. The van der Waals surface area contributed by atoms with Crippen molar-refractivity contribution in [2.75, 3.05) is 11.9 Å². The molecule has 2 N–H and O–H groups in total. The highest BCUT2D eigenvalue weighted by Crippen LogP contribution is 2.22. The van der Waals surface area contributed by atoms with Crippen LogP contribution in [-0.4, -0.2) is 18.4 Å². The minimum atomic E-state index is -0.662. The number of rotatable bonds is 4. The molecule has 0 saturated heterocycles. The second-order valence-electron chi connectivity index (χ2n) is 4.63. The van der Waals surface area contributed by atoms with Crippen LogP contribution in [-0.2, 0) is 0 Å². The molecule has 2 rings (SSSR count). The maximum absolute atomic E-state index is 13.9. The average Bonchev–Trinajstić information content (AvgIpc) is 2.49. The van der Waals surface area contributed by atoms with Gasteiger partial charge in [0.05, 0.1) is 16.8 Å². The van der Waals surface area contributed by atoms with Crippen molar-refractivity contribution in [3.05, 3.63) is 62.8 Å². The number of hydrogen-bond acceptors (Lipinski definition) is 2. The van der Waals surface area contributed by atoms with Crippen molar-refractivity contribution in [3.63, 3.8) is 0 Å². The summed E-state index contributed by atoms with van der Waals surface area (Å²) in [6.07, 6.45) is 0. The van der Waals surface area contributed by atoms with E-state index in [0.717, 1.165) is 0 Å². The maximum Gasteiger partial charge on any atom is 0.258 e. The number of carbonyl (C=O) groups is 2. The van der Waals surface area contributed by atoms with Gasteiger partial charge in [-0.2, -0.15) is 0 Å². The lowest BCUT2D eigenvalue weighted by Crippen LogP contribution is -2.25. The van der Waals surface area contributed by atoms with Crippen LogP contribution >= 0.6 is 27.5 Å². The van der Waals surface area contributed by atoms with Crippen molar-refractivity contribution in [1.82, 2.24) is 5.32 Å². The summed E-state index contributed by atoms with van der Waals surface area (Å²) in [6, 6.07) is 8.60. The van der Waals surface area contributed by atoms with E-state index in [-0.39, 0.29) is 22.7 Å². The highest BCUT2D eigenvalue weighted by molar-refractivity contribution is 9.10. The van der Waals surface area contributed by atoms with Gasteiger partial charge >= 0.3 is 0 Å². The number of nitrogens with one attached hydrogen (secondary N) is 2. The predicted octanol–water partition coefficient (Wildman–Crippen LogP) is 4.24. The first-order chi connectivity index (χ1) is 10.9. The van der Waals surface area contributed by atoms with Crippen LogP contribution in [0.1, 0.15) is 27.6 Å². The van der Waals surface area contributed by atoms with Crippen molar-refractivity contribution in [2.24, 2.45) is 0 Å². The minimum Gasteiger partial charge on any atom is -0.352 e. The van der Waals surface area contributed by atoms with Gasteiger partial charge in [-0.3, -0.25) is 9.59 Å². The quantitative estimate of drug-likeness (QED) is 0.808. The lowest BCUT2D eigenvalue weighted by molar-refractivity contribution is 0.0956. The first-order valence-corrected chi connectivity index (χ1v) is 7.93. The summed E-state index contributed by atoms with van der Waals surface area (Å²) in [6.45, 7) is 2.21. The van der Waals surface area contributed by atoms with Crippen LogP contribution in [0.4, 0.5) is 10.1 Å².